The summed E-state index contributed by atoms with van der Waals surface area (Å²) in [4.78, 5) is 23.9. The lowest BCUT2D eigenvalue weighted by Crippen LogP contribution is -2.37. The van der Waals surface area contributed by atoms with Gasteiger partial charge in [-0.15, -0.1) is 0 Å². The summed E-state index contributed by atoms with van der Waals surface area (Å²) in [6, 6.07) is 29.2. The molecule has 210 valence electrons. The van der Waals surface area contributed by atoms with Crippen molar-refractivity contribution < 1.29 is 32.3 Å². The second-order valence-corrected chi connectivity index (χ2v) is 13.1. The summed E-state index contributed by atoms with van der Waals surface area (Å²) in [5.74, 6) is -5.61. The predicted molar refractivity (Wildman–Crippen MR) is 159 cm³/mol. The molecule has 7 nitrogen and oxygen atoms in total. The third kappa shape index (κ3) is 6.33. The Kier molecular flexibility index (Phi) is 7.44. The molecule has 0 aliphatic rings. The van der Waals surface area contributed by atoms with Crippen LogP contribution in [0.5, 0.6) is 0 Å². The Morgan fingerprint density at radius 1 is 0.805 bits per heavy atom. The van der Waals surface area contributed by atoms with Gasteiger partial charge in [-0.05, 0) is 49.1 Å². The molecule has 0 radical (unpaired) electrons. The van der Waals surface area contributed by atoms with Gasteiger partial charge in [0.2, 0.25) is 0 Å². The summed E-state index contributed by atoms with van der Waals surface area (Å²) in [5, 5.41) is 11.6. The van der Waals surface area contributed by atoms with Gasteiger partial charge >= 0.3 is 11.9 Å². The molecule has 0 aliphatic heterocycles. The summed E-state index contributed by atoms with van der Waals surface area (Å²) in [5.41, 5.74) is 5.11. The minimum atomic E-state index is -3.91. The number of carboxylic acid groups (broad SMARTS) is 1. The molecule has 0 spiro atoms. The van der Waals surface area contributed by atoms with Gasteiger partial charge in [0.1, 0.15) is 16.8 Å². The van der Waals surface area contributed by atoms with Gasteiger partial charge in [0.25, 0.3) is 0 Å². The van der Waals surface area contributed by atoms with E-state index in [1.54, 1.807) is 32.9 Å². The monoisotopic (exact) mass is 570 g/mol. The Morgan fingerprint density at radius 2 is 1.39 bits per heavy atom. The van der Waals surface area contributed by atoms with Crippen LogP contribution in [0.1, 0.15) is 26.3 Å². The van der Waals surface area contributed by atoms with Gasteiger partial charge in [0.05, 0.1) is 11.5 Å². The quantitative estimate of drug-likeness (QED) is 0.160. The maximum Gasteiger partial charge on any atom is 0.321 e. The van der Waals surface area contributed by atoms with Crippen LogP contribution < -0.4 is 0 Å². The Balaban J connectivity index is 1.31. The molecule has 8 heteroatoms. The van der Waals surface area contributed by atoms with Crippen molar-refractivity contribution in [1.29, 1.82) is 0 Å². The number of hydrogen-bond acceptors (Lipinski definition) is 6. The van der Waals surface area contributed by atoms with Crippen molar-refractivity contribution in [1.82, 2.24) is 0 Å². The lowest BCUT2D eigenvalue weighted by atomic mass is 9.98. The van der Waals surface area contributed by atoms with Crippen LogP contribution in [0.25, 0.3) is 44.2 Å². The van der Waals surface area contributed by atoms with E-state index in [1.165, 1.54) is 0 Å². The minimum Gasteiger partial charge on any atom is -0.481 e. The molecule has 1 heterocycles. The van der Waals surface area contributed by atoms with E-state index in [1.807, 2.05) is 66.7 Å². The standard InChI is InChI=1S/C33H30O7S/c1-33(2,3)40-32(36)28(31(34)35)20-41(37,38)19-21-11-13-22(14-12-21)23-15-17-24(18-16-23)25-8-6-9-27-26-7-4-5-10-29(26)39-30(25)27/h4-18,28H,19-20H2,1-3H3,(H,34,35)/t28-/m1/s1. The fourth-order valence-electron chi connectivity index (χ4n) is 4.79. The van der Waals surface area contributed by atoms with E-state index < -0.39 is 39.0 Å². The van der Waals surface area contributed by atoms with E-state index in [4.69, 9.17) is 9.15 Å². The molecule has 1 atom stereocenters. The van der Waals surface area contributed by atoms with Crippen molar-refractivity contribution in [2.75, 3.05) is 5.75 Å². The number of carbonyl (C=O) groups excluding carboxylic acids is 1. The first kappa shape index (κ1) is 28.1. The highest BCUT2D eigenvalue weighted by Gasteiger charge is 2.35. The fourth-order valence-corrected chi connectivity index (χ4v) is 6.39. The van der Waals surface area contributed by atoms with Crippen LogP contribution in [0, 0.1) is 5.92 Å². The molecule has 41 heavy (non-hydrogen) atoms. The zero-order chi connectivity index (χ0) is 29.4. The van der Waals surface area contributed by atoms with Crippen LogP contribution in [0.4, 0.5) is 0 Å². The second kappa shape index (κ2) is 10.9. The molecule has 0 unspecified atom stereocenters. The molecule has 0 bridgehead atoms. The zero-order valence-electron chi connectivity index (χ0n) is 23.0. The number of ether oxygens (including phenoxy) is 1. The van der Waals surface area contributed by atoms with Crippen LogP contribution in [-0.4, -0.2) is 36.8 Å². The number of hydrogen-bond donors (Lipinski definition) is 1. The summed E-state index contributed by atoms with van der Waals surface area (Å²) >= 11 is 0. The van der Waals surface area contributed by atoms with Gasteiger partial charge in [-0.1, -0.05) is 84.9 Å². The number of rotatable bonds is 8. The van der Waals surface area contributed by atoms with Gasteiger partial charge in [0.15, 0.2) is 15.8 Å². The zero-order valence-corrected chi connectivity index (χ0v) is 23.8. The normalized spacial score (nSPS) is 12.9. The lowest BCUT2D eigenvalue weighted by molar-refractivity contribution is -0.165. The molecule has 0 amide bonds. The summed E-state index contributed by atoms with van der Waals surface area (Å²) in [7, 11) is -3.91. The number of para-hydroxylation sites is 2. The van der Waals surface area contributed by atoms with Crippen molar-refractivity contribution in [3.05, 3.63) is 96.6 Å². The van der Waals surface area contributed by atoms with Crippen molar-refractivity contribution >= 4 is 43.7 Å². The number of esters is 1. The Hall–Kier alpha value is -4.43. The maximum atomic E-state index is 12.8. The molecule has 1 aromatic heterocycles. The number of aliphatic carboxylic acids is 1. The van der Waals surface area contributed by atoms with E-state index in [2.05, 4.69) is 12.1 Å². The molecule has 4 aromatic carbocycles. The average Bonchev–Trinajstić information content (AvgIpc) is 3.30. The topological polar surface area (TPSA) is 111 Å². The molecule has 5 aromatic rings. The van der Waals surface area contributed by atoms with Crippen LogP contribution in [0.3, 0.4) is 0 Å². The fraction of sp³-hybridized carbons (Fsp3) is 0.212. The molecule has 0 fully saturated rings. The maximum absolute atomic E-state index is 12.8. The highest BCUT2D eigenvalue weighted by Crippen LogP contribution is 2.36. The molecule has 5 rings (SSSR count). The van der Waals surface area contributed by atoms with Gasteiger partial charge in [-0.25, -0.2) is 8.42 Å². The molecular weight excluding hydrogens is 540 g/mol. The highest BCUT2D eigenvalue weighted by atomic mass is 32.2. The smallest absolute Gasteiger partial charge is 0.321 e. The van der Waals surface area contributed by atoms with Crippen LogP contribution >= 0.6 is 0 Å². The van der Waals surface area contributed by atoms with Crippen molar-refractivity contribution in [3.63, 3.8) is 0 Å². The molecule has 0 aliphatic carbocycles. The summed E-state index contributed by atoms with van der Waals surface area (Å²) in [6.07, 6.45) is 0. The van der Waals surface area contributed by atoms with E-state index >= 15 is 0 Å². The number of benzene rings is 4. The number of fused-ring (bicyclic) bond motifs is 3. The van der Waals surface area contributed by atoms with Gasteiger partial charge in [-0.2, -0.15) is 0 Å². The van der Waals surface area contributed by atoms with E-state index in [-0.39, 0.29) is 5.75 Å². The average molecular weight is 571 g/mol. The largest absolute Gasteiger partial charge is 0.481 e. The SMILES string of the molecule is CC(C)(C)OC(=O)[C@H](CS(=O)(=O)Cc1ccc(-c2ccc(-c3cccc4c3oc3ccccc34)cc2)cc1)C(=O)O. The Morgan fingerprint density at radius 3 is 2.02 bits per heavy atom. The second-order valence-electron chi connectivity index (χ2n) is 11.0. The molecule has 0 saturated carbocycles. The molecular formula is C33H30O7S. The first-order chi connectivity index (χ1) is 19.4. The number of carbonyl (C=O) groups is 2. The van der Waals surface area contributed by atoms with Crippen molar-refractivity contribution in [2.24, 2.45) is 5.92 Å². The van der Waals surface area contributed by atoms with Crippen LogP contribution in [0.15, 0.2) is 95.4 Å². The van der Waals surface area contributed by atoms with Crippen LogP contribution in [-0.2, 0) is 29.9 Å². The van der Waals surface area contributed by atoms with Crippen molar-refractivity contribution in [3.8, 4) is 22.3 Å². The third-order valence-electron chi connectivity index (χ3n) is 6.68. The number of furan rings is 1. The predicted octanol–water partition coefficient (Wildman–Crippen LogP) is 6.88. The van der Waals surface area contributed by atoms with Crippen molar-refractivity contribution in [2.45, 2.75) is 32.1 Å². The van der Waals surface area contributed by atoms with Gasteiger partial charge in [-0.3, -0.25) is 9.59 Å². The van der Waals surface area contributed by atoms with E-state index in [0.717, 1.165) is 44.2 Å². The lowest BCUT2D eigenvalue weighted by Gasteiger charge is -2.22. The number of carboxylic acids is 1. The van der Waals surface area contributed by atoms with Crippen LogP contribution in [0.2, 0.25) is 0 Å². The third-order valence-corrected chi connectivity index (χ3v) is 8.30. The molecule has 0 saturated heterocycles. The minimum absolute atomic E-state index is 0.389. The van der Waals surface area contributed by atoms with E-state index in [0.29, 0.717) is 5.56 Å². The first-order valence-electron chi connectivity index (χ1n) is 13.2. The Labute approximate surface area is 238 Å². The Bertz CT molecular complexity index is 1840. The van der Waals surface area contributed by atoms with Gasteiger partial charge < -0.3 is 14.3 Å². The number of sulfone groups is 1. The summed E-state index contributed by atoms with van der Waals surface area (Å²) < 4.78 is 36.8. The van der Waals surface area contributed by atoms with E-state index in [9.17, 15) is 23.1 Å². The first-order valence-corrected chi connectivity index (χ1v) is 15.0. The summed E-state index contributed by atoms with van der Waals surface area (Å²) in [6.45, 7) is 4.78. The molecule has 1 N–H and O–H groups in total. The van der Waals surface area contributed by atoms with Gasteiger partial charge in [0, 0.05) is 16.3 Å². The highest BCUT2D eigenvalue weighted by molar-refractivity contribution is 7.90.